The van der Waals surface area contributed by atoms with Crippen LogP contribution in [-0.4, -0.2) is 30.5 Å². The van der Waals surface area contributed by atoms with Crippen molar-refractivity contribution in [3.8, 4) is 0 Å². The molecule has 0 aromatic rings. The first-order chi connectivity index (χ1) is 5.08. The van der Waals surface area contributed by atoms with E-state index < -0.39 is 10.0 Å². The molecule has 0 aromatic carbocycles. The van der Waals surface area contributed by atoms with Gasteiger partial charge in [0.1, 0.15) is 4.66 Å². The van der Waals surface area contributed by atoms with Crippen LogP contribution in [0.1, 0.15) is 6.92 Å². The summed E-state index contributed by atoms with van der Waals surface area (Å²) >= 11 is 2.92. The first kappa shape index (κ1) is 11.1. The number of likely N-dealkylation sites (N-methyl/N-ethyl adjacent to an activating group) is 1. The van der Waals surface area contributed by atoms with Crippen LogP contribution in [0, 0.1) is 0 Å². The molecule has 66 valence electrons. The molecule has 11 heavy (non-hydrogen) atoms. The highest BCUT2D eigenvalue weighted by Gasteiger charge is 2.16. The third-order valence-corrected chi connectivity index (χ3v) is 4.42. The number of rotatable bonds is 5. The predicted molar refractivity (Wildman–Crippen MR) is 50.2 cm³/mol. The summed E-state index contributed by atoms with van der Waals surface area (Å²) in [7, 11) is -3.09. The van der Waals surface area contributed by atoms with Gasteiger partial charge in [-0.3, -0.25) is 0 Å². The monoisotopic (exact) mass is 241 g/mol. The number of hydrogen-bond donors (Lipinski definition) is 0. The van der Waals surface area contributed by atoms with Gasteiger partial charge < -0.3 is 0 Å². The highest BCUT2D eigenvalue weighted by atomic mass is 79.9. The molecule has 0 atom stereocenters. The Morgan fingerprint density at radius 3 is 2.45 bits per heavy atom. The van der Waals surface area contributed by atoms with Crippen molar-refractivity contribution in [2.45, 2.75) is 6.92 Å². The summed E-state index contributed by atoms with van der Waals surface area (Å²) in [5, 5.41) is 0. The number of hydrogen-bond acceptors (Lipinski definition) is 2. The van der Waals surface area contributed by atoms with Gasteiger partial charge in [0.05, 0.1) is 0 Å². The number of sulfonamides is 1. The van der Waals surface area contributed by atoms with Crippen LogP contribution in [0.15, 0.2) is 12.7 Å². The van der Waals surface area contributed by atoms with Crippen LogP contribution in [0.2, 0.25) is 0 Å². The Bertz CT molecular complexity index is 213. The molecule has 0 aliphatic carbocycles. The zero-order valence-corrected chi connectivity index (χ0v) is 8.86. The summed E-state index contributed by atoms with van der Waals surface area (Å²) in [5.41, 5.74) is 0. The summed E-state index contributed by atoms with van der Waals surface area (Å²) in [6.07, 6.45) is 1.57. The van der Waals surface area contributed by atoms with Crippen molar-refractivity contribution in [2.75, 3.05) is 17.8 Å². The number of halogens is 1. The lowest BCUT2D eigenvalue weighted by Gasteiger charge is -2.16. The highest BCUT2D eigenvalue weighted by Crippen LogP contribution is 2.03. The van der Waals surface area contributed by atoms with E-state index in [-0.39, 0.29) is 4.66 Å². The topological polar surface area (TPSA) is 37.4 Å². The molecule has 3 nitrogen and oxygen atoms in total. The van der Waals surface area contributed by atoms with Crippen LogP contribution >= 0.6 is 15.9 Å². The van der Waals surface area contributed by atoms with Crippen LogP contribution in [0.5, 0.6) is 0 Å². The second-order valence-electron chi connectivity index (χ2n) is 1.96. The zero-order valence-electron chi connectivity index (χ0n) is 6.46. The van der Waals surface area contributed by atoms with Crippen LogP contribution in [0.4, 0.5) is 0 Å². The van der Waals surface area contributed by atoms with Gasteiger partial charge in [0.2, 0.25) is 10.0 Å². The minimum atomic E-state index is -3.09. The minimum absolute atomic E-state index is 0.0261. The maximum atomic E-state index is 11.2. The summed E-state index contributed by atoms with van der Waals surface area (Å²) in [5.74, 6) is 0. The molecule has 0 bridgehead atoms. The van der Waals surface area contributed by atoms with Crippen molar-refractivity contribution in [3.05, 3.63) is 12.7 Å². The molecule has 0 amide bonds. The van der Waals surface area contributed by atoms with Gasteiger partial charge in [0.25, 0.3) is 0 Å². The van der Waals surface area contributed by atoms with Gasteiger partial charge >= 0.3 is 0 Å². The molecule has 0 saturated heterocycles. The molecular weight excluding hydrogens is 230 g/mol. The molecule has 5 heteroatoms. The van der Waals surface area contributed by atoms with Crippen LogP contribution in [0.3, 0.4) is 0 Å². The van der Waals surface area contributed by atoms with Crippen LogP contribution in [0.25, 0.3) is 0 Å². The van der Waals surface area contributed by atoms with E-state index in [1.807, 2.05) is 0 Å². The Morgan fingerprint density at radius 1 is 1.64 bits per heavy atom. The molecule has 0 spiro atoms. The van der Waals surface area contributed by atoms with E-state index in [1.54, 1.807) is 13.0 Å². The molecule has 0 rings (SSSR count). The van der Waals surface area contributed by atoms with E-state index in [9.17, 15) is 8.42 Å². The van der Waals surface area contributed by atoms with E-state index in [0.29, 0.717) is 13.1 Å². The van der Waals surface area contributed by atoms with Gasteiger partial charge in [0, 0.05) is 13.1 Å². The Labute approximate surface area is 76.3 Å². The second kappa shape index (κ2) is 4.90. The largest absolute Gasteiger partial charge is 0.224 e. The molecule has 0 heterocycles. The Balaban J connectivity index is 4.36. The lowest BCUT2D eigenvalue weighted by molar-refractivity contribution is 0.464. The summed E-state index contributed by atoms with van der Waals surface area (Å²) < 4.78 is 23.6. The van der Waals surface area contributed by atoms with Crippen molar-refractivity contribution in [2.24, 2.45) is 0 Å². The minimum Gasteiger partial charge on any atom is -0.211 e. The summed E-state index contributed by atoms with van der Waals surface area (Å²) in [6, 6.07) is 0. The van der Waals surface area contributed by atoms with Crippen LogP contribution in [-0.2, 0) is 10.0 Å². The first-order valence-electron chi connectivity index (χ1n) is 3.23. The van der Waals surface area contributed by atoms with Crippen LogP contribution < -0.4 is 0 Å². The highest BCUT2D eigenvalue weighted by molar-refractivity contribution is 9.10. The first-order valence-corrected chi connectivity index (χ1v) is 5.96. The number of nitrogens with zero attached hydrogens (tertiary/aromatic N) is 1. The van der Waals surface area contributed by atoms with Gasteiger partial charge in [-0.05, 0) is 0 Å². The Kier molecular flexibility index (Phi) is 4.96. The fourth-order valence-electron chi connectivity index (χ4n) is 0.652. The lowest BCUT2D eigenvalue weighted by Crippen LogP contribution is -2.31. The van der Waals surface area contributed by atoms with Gasteiger partial charge in [0.15, 0.2) is 0 Å². The predicted octanol–water partition coefficient (Wildman–Crippen LogP) is 1.18. The van der Waals surface area contributed by atoms with Crippen molar-refractivity contribution in [3.63, 3.8) is 0 Å². The molecule has 0 aliphatic heterocycles. The molecule has 0 radical (unpaired) electrons. The summed E-state index contributed by atoms with van der Waals surface area (Å²) in [4.78, 5) is 0. The maximum Gasteiger partial charge on any atom is 0.224 e. The average Bonchev–Trinajstić information content (AvgIpc) is 2.00. The molecule has 0 aliphatic rings. The summed E-state index contributed by atoms with van der Waals surface area (Å²) in [6.45, 7) is 6.14. The standard InChI is InChI=1S/C6H12BrNO2S/c1-3-5-8(4-2)11(9,10)6-7/h3H,1,4-6H2,2H3. The second-order valence-corrected chi connectivity index (χ2v) is 5.23. The van der Waals surface area contributed by atoms with Gasteiger partial charge in [-0.2, -0.15) is 4.31 Å². The third-order valence-electron chi connectivity index (χ3n) is 1.22. The van der Waals surface area contributed by atoms with E-state index in [0.717, 1.165) is 0 Å². The normalized spacial score (nSPS) is 11.9. The van der Waals surface area contributed by atoms with Crippen molar-refractivity contribution in [1.29, 1.82) is 0 Å². The molecule has 0 unspecified atom stereocenters. The fourth-order valence-corrected chi connectivity index (χ4v) is 2.38. The maximum absolute atomic E-state index is 11.2. The van der Waals surface area contributed by atoms with Gasteiger partial charge in [-0.1, -0.05) is 28.9 Å². The molecule has 0 saturated carbocycles. The van der Waals surface area contributed by atoms with E-state index in [4.69, 9.17) is 0 Å². The Morgan fingerprint density at radius 2 is 2.18 bits per heavy atom. The molecule has 0 aromatic heterocycles. The SMILES string of the molecule is C=CCN(CC)S(=O)(=O)CBr. The van der Waals surface area contributed by atoms with Crippen molar-refractivity contribution >= 4 is 26.0 Å². The van der Waals surface area contributed by atoms with E-state index in [2.05, 4.69) is 22.5 Å². The van der Waals surface area contributed by atoms with Crippen molar-refractivity contribution < 1.29 is 8.42 Å². The van der Waals surface area contributed by atoms with Gasteiger partial charge in [-0.25, -0.2) is 8.42 Å². The quantitative estimate of drug-likeness (QED) is 0.536. The fraction of sp³-hybridized carbons (Fsp3) is 0.667. The average molecular weight is 242 g/mol. The number of alkyl halides is 1. The zero-order chi connectivity index (χ0) is 8.91. The molecule has 0 N–H and O–H groups in total. The van der Waals surface area contributed by atoms with Crippen molar-refractivity contribution in [1.82, 2.24) is 4.31 Å². The van der Waals surface area contributed by atoms with Gasteiger partial charge in [-0.15, -0.1) is 6.58 Å². The van der Waals surface area contributed by atoms with E-state index >= 15 is 0 Å². The lowest BCUT2D eigenvalue weighted by atomic mass is 10.6. The molecular formula is C6H12BrNO2S. The third kappa shape index (κ3) is 3.35. The smallest absolute Gasteiger partial charge is 0.211 e. The van der Waals surface area contributed by atoms with E-state index in [1.165, 1.54) is 4.31 Å². The molecule has 0 fully saturated rings. The Hall–Kier alpha value is 0.130.